The van der Waals surface area contributed by atoms with Crippen molar-refractivity contribution < 1.29 is 9.15 Å². The molecule has 1 N–H and O–H groups in total. The van der Waals surface area contributed by atoms with Gasteiger partial charge in [0.25, 0.3) is 0 Å². The first kappa shape index (κ1) is 14.2. The minimum Gasteiger partial charge on any atom is -0.486 e. The van der Waals surface area contributed by atoms with E-state index in [1.54, 1.807) is 0 Å². The zero-order chi connectivity index (χ0) is 13.5. The lowest BCUT2D eigenvalue weighted by Gasteiger charge is -2.04. The first-order valence-electron chi connectivity index (χ1n) is 6.44. The van der Waals surface area contributed by atoms with Gasteiger partial charge >= 0.3 is 0 Å². The third-order valence-corrected chi connectivity index (χ3v) is 3.11. The molecule has 0 spiro atoms. The highest BCUT2D eigenvalue weighted by Gasteiger charge is 2.03. The average molecular weight is 324 g/mol. The Kier molecular flexibility index (Phi) is 5.48. The van der Waals surface area contributed by atoms with Crippen molar-refractivity contribution in [2.75, 3.05) is 6.54 Å². The summed E-state index contributed by atoms with van der Waals surface area (Å²) in [5.74, 6) is 2.62. The molecule has 0 atom stereocenters. The first-order valence-corrected chi connectivity index (χ1v) is 7.24. The number of ether oxygens (including phenoxy) is 1. The van der Waals surface area contributed by atoms with Crippen molar-refractivity contribution in [3.05, 3.63) is 52.4 Å². The maximum absolute atomic E-state index is 5.68. The van der Waals surface area contributed by atoms with Crippen LogP contribution in [-0.2, 0) is 13.2 Å². The maximum atomic E-state index is 5.68. The monoisotopic (exact) mass is 323 g/mol. The molecule has 2 rings (SSSR count). The Morgan fingerprint density at radius 1 is 1.21 bits per heavy atom. The summed E-state index contributed by atoms with van der Waals surface area (Å²) in [6.45, 7) is 4.37. The largest absolute Gasteiger partial charge is 0.486 e. The summed E-state index contributed by atoms with van der Waals surface area (Å²) in [6, 6.07) is 11.7. The highest BCUT2D eigenvalue weighted by molar-refractivity contribution is 9.10. The lowest BCUT2D eigenvalue weighted by molar-refractivity contribution is 0.265. The average Bonchev–Trinajstić information content (AvgIpc) is 2.85. The smallest absolute Gasteiger partial charge is 0.146 e. The molecule has 0 aliphatic rings. The van der Waals surface area contributed by atoms with E-state index in [9.17, 15) is 0 Å². The molecule has 3 nitrogen and oxygen atoms in total. The van der Waals surface area contributed by atoms with Gasteiger partial charge in [0.15, 0.2) is 0 Å². The number of halogens is 1. The molecule has 0 saturated carbocycles. The Morgan fingerprint density at radius 2 is 2.05 bits per heavy atom. The van der Waals surface area contributed by atoms with E-state index in [0.717, 1.165) is 41.3 Å². The van der Waals surface area contributed by atoms with Crippen LogP contribution in [-0.4, -0.2) is 6.54 Å². The highest BCUT2D eigenvalue weighted by atomic mass is 79.9. The number of hydrogen-bond donors (Lipinski definition) is 1. The minimum absolute atomic E-state index is 0.449. The van der Waals surface area contributed by atoms with E-state index in [1.807, 2.05) is 36.4 Å². The predicted octanol–water partition coefficient (Wildman–Crippen LogP) is 4.12. The number of hydrogen-bond acceptors (Lipinski definition) is 3. The second kappa shape index (κ2) is 7.36. The Labute approximate surface area is 122 Å². The van der Waals surface area contributed by atoms with E-state index in [2.05, 4.69) is 28.2 Å². The van der Waals surface area contributed by atoms with Crippen molar-refractivity contribution >= 4 is 15.9 Å². The molecule has 0 unspecified atom stereocenters. The first-order chi connectivity index (χ1) is 9.28. The van der Waals surface area contributed by atoms with Crippen molar-refractivity contribution in [1.29, 1.82) is 0 Å². The van der Waals surface area contributed by atoms with E-state index >= 15 is 0 Å². The molecule has 0 aliphatic carbocycles. The number of furan rings is 1. The van der Waals surface area contributed by atoms with Crippen LogP contribution in [0.2, 0.25) is 0 Å². The SMILES string of the molecule is CCCNCc1ccc(COc2cccc(Br)c2)o1. The van der Waals surface area contributed by atoms with Crippen LogP contribution in [0, 0.1) is 0 Å². The fraction of sp³-hybridized carbons (Fsp3) is 0.333. The van der Waals surface area contributed by atoms with Crippen LogP contribution in [0.1, 0.15) is 24.9 Å². The van der Waals surface area contributed by atoms with Crippen molar-refractivity contribution in [1.82, 2.24) is 5.32 Å². The predicted molar refractivity (Wildman–Crippen MR) is 79.2 cm³/mol. The molecule has 0 saturated heterocycles. The number of nitrogens with one attached hydrogen (secondary N) is 1. The van der Waals surface area contributed by atoms with Crippen LogP contribution in [0.25, 0.3) is 0 Å². The van der Waals surface area contributed by atoms with Crippen LogP contribution >= 0.6 is 15.9 Å². The van der Waals surface area contributed by atoms with Gasteiger partial charge in [0.05, 0.1) is 6.54 Å². The molecule has 0 bridgehead atoms. The zero-order valence-electron chi connectivity index (χ0n) is 11.0. The topological polar surface area (TPSA) is 34.4 Å². The molecule has 1 aromatic heterocycles. The van der Waals surface area contributed by atoms with E-state index in [4.69, 9.17) is 9.15 Å². The lowest BCUT2D eigenvalue weighted by atomic mass is 10.3. The molecule has 2 aromatic rings. The molecule has 4 heteroatoms. The fourth-order valence-electron chi connectivity index (χ4n) is 1.69. The molecule has 0 fully saturated rings. The van der Waals surface area contributed by atoms with Gasteiger partial charge in [0.1, 0.15) is 23.9 Å². The molecule has 0 radical (unpaired) electrons. The molecular formula is C15H18BrNO2. The number of rotatable bonds is 7. The van der Waals surface area contributed by atoms with Crippen LogP contribution in [0.15, 0.2) is 45.3 Å². The summed E-state index contributed by atoms with van der Waals surface area (Å²) in [5.41, 5.74) is 0. The van der Waals surface area contributed by atoms with Crippen molar-refractivity contribution in [2.24, 2.45) is 0 Å². The normalized spacial score (nSPS) is 10.6. The van der Waals surface area contributed by atoms with Gasteiger partial charge in [-0.3, -0.25) is 0 Å². The second-order valence-electron chi connectivity index (χ2n) is 4.29. The highest BCUT2D eigenvalue weighted by Crippen LogP contribution is 2.19. The third-order valence-electron chi connectivity index (χ3n) is 2.62. The van der Waals surface area contributed by atoms with Crippen LogP contribution in [0.5, 0.6) is 5.75 Å². The van der Waals surface area contributed by atoms with Gasteiger partial charge in [-0.2, -0.15) is 0 Å². The molecule has 102 valence electrons. The summed E-state index contributed by atoms with van der Waals surface area (Å²) >= 11 is 3.42. The van der Waals surface area contributed by atoms with Gasteiger partial charge in [-0.05, 0) is 43.3 Å². The van der Waals surface area contributed by atoms with Gasteiger partial charge < -0.3 is 14.5 Å². The molecule has 1 aromatic carbocycles. The van der Waals surface area contributed by atoms with Crippen LogP contribution in [0.3, 0.4) is 0 Å². The molecule has 0 aliphatic heterocycles. The summed E-state index contributed by atoms with van der Waals surface area (Å²) in [6.07, 6.45) is 1.12. The fourth-order valence-corrected chi connectivity index (χ4v) is 2.07. The van der Waals surface area contributed by atoms with Gasteiger partial charge in [0.2, 0.25) is 0 Å². The van der Waals surface area contributed by atoms with Gasteiger partial charge in [0, 0.05) is 4.47 Å². The minimum atomic E-state index is 0.449. The Balaban J connectivity index is 1.83. The zero-order valence-corrected chi connectivity index (χ0v) is 12.6. The summed E-state index contributed by atoms with van der Waals surface area (Å²) < 4.78 is 12.4. The van der Waals surface area contributed by atoms with Crippen LogP contribution in [0.4, 0.5) is 0 Å². The van der Waals surface area contributed by atoms with E-state index < -0.39 is 0 Å². The lowest BCUT2D eigenvalue weighted by Crippen LogP contribution is -2.13. The van der Waals surface area contributed by atoms with Crippen molar-refractivity contribution in [3.63, 3.8) is 0 Å². The summed E-state index contributed by atoms with van der Waals surface area (Å²) in [7, 11) is 0. The van der Waals surface area contributed by atoms with Crippen molar-refractivity contribution in [3.8, 4) is 5.75 Å². The summed E-state index contributed by atoms with van der Waals surface area (Å²) in [5, 5.41) is 3.31. The van der Waals surface area contributed by atoms with E-state index in [0.29, 0.717) is 6.61 Å². The van der Waals surface area contributed by atoms with Crippen LogP contribution < -0.4 is 10.1 Å². The maximum Gasteiger partial charge on any atom is 0.146 e. The standard InChI is InChI=1S/C15H18BrNO2/c1-2-8-17-10-14-6-7-15(19-14)11-18-13-5-3-4-12(16)9-13/h3-7,9,17H,2,8,10-11H2,1H3. The Morgan fingerprint density at radius 3 is 2.84 bits per heavy atom. The quantitative estimate of drug-likeness (QED) is 0.778. The third kappa shape index (κ3) is 4.73. The Bertz CT molecular complexity index is 510. The molecule has 19 heavy (non-hydrogen) atoms. The van der Waals surface area contributed by atoms with Gasteiger partial charge in [-0.15, -0.1) is 0 Å². The molecule has 1 heterocycles. The Hall–Kier alpha value is -1.26. The van der Waals surface area contributed by atoms with E-state index in [1.165, 1.54) is 0 Å². The number of benzene rings is 1. The second-order valence-corrected chi connectivity index (χ2v) is 5.21. The molecular weight excluding hydrogens is 306 g/mol. The van der Waals surface area contributed by atoms with Gasteiger partial charge in [-0.25, -0.2) is 0 Å². The van der Waals surface area contributed by atoms with Crippen molar-refractivity contribution in [2.45, 2.75) is 26.5 Å². The molecule has 0 amide bonds. The summed E-state index contributed by atoms with van der Waals surface area (Å²) in [4.78, 5) is 0. The van der Waals surface area contributed by atoms with Gasteiger partial charge in [-0.1, -0.05) is 28.9 Å². The van der Waals surface area contributed by atoms with E-state index in [-0.39, 0.29) is 0 Å².